The predicted octanol–water partition coefficient (Wildman–Crippen LogP) is 8.15. The summed E-state index contributed by atoms with van der Waals surface area (Å²) in [6.45, 7) is 7.55. The number of nitrogens with zero attached hydrogens (tertiary/aromatic N) is 2. The Bertz CT molecular complexity index is 1090. The maximum absolute atomic E-state index is 13.7. The van der Waals surface area contributed by atoms with Gasteiger partial charge in [0.05, 0.1) is 23.2 Å². The molecule has 2 atom stereocenters. The summed E-state index contributed by atoms with van der Waals surface area (Å²) in [4.78, 5) is 16.3. The van der Waals surface area contributed by atoms with Crippen LogP contribution in [0.3, 0.4) is 0 Å². The fourth-order valence-electron chi connectivity index (χ4n) is 4.65. The van der Waals surface area contributed by atoms with Gasteiger partial charge in [-0.15, -0.1) is 0 Å². The van der Waals surface area contributed by atoms with Crippen LogP contribution in [0.5, 0.6) is 0 Å². The Hall–Kier alpha value is -2.78. The average molecular weight is 519 g/mol. The molecule has 0 aromatic heterocycles. The highest BCUT2D eigenvalue weighted by molar-refractivity contribution is 5.75. The van der Waals surface area contributed by atoms with Gasteiger partial charge in [0, 0.05) is 13.6 Å². The van der Waals surface area contributed by atoms with E-state index in [0.717, 1.165) is 10.5 Å². The van der Waals surface area contributed by atoms with Gasteiger partial charge in [0.2, 0.25) is 0 Å². The first-order chi connectivity index (χ1) is 16.4. The fourth-order valence-corrected chi connectivity index (χ4v) is 4.65. The van der Waals surface area contributed by atoms with Crippen LogP contribution in [0.4, 0.5) is 35.5 Å². The Labute approximate surface area is 205 Å². The van der Waals surface area contributed by atoms with Crippen molar-refractivity contribution in [1.29, 1.82) is 0 Å². The van der Waals surface area contributed by atoms with E-state index < -0.39 is 47.4 Å². The van der Waals surface area contributed by atoms with Gasteiger partial charge in [-0.1, -0.05) is 19.9 Å². The number of piperidine rings is 1. The molecule has 2 aromatic rings. The molecule has 2 aromatic carbocycles. The maximum Gasteiger partial charge on any atom is 0.416 e. The second-order valence-corrected chi connectivity index (χ2v) is 10.2. The topological polar surface area (TPSA) is 23.6 Å². The lowest BCUT2D eigenvalue weighted by Gasteiger charge is -2.46. The number of halogens is 7. The van der Waals surface area contributed by atoms with E-state index in [-0.39, 0.29) is 17.0 Å². The van der Waals surface area contributed by atoms with Crippen LogP contribution in [0.2, 0.25) is 0 Å². The van der Waals surface area contributed by atoms with Crippen LogP contribution in [0.15, 0.2) is 36.4 Å². The van der Waals surface area contributed by atoms with Crippen molar-refractivity contribution < 1.29 is 35.5 Å². The Morgan fingerprint density at radius 2 is 1.58 bits per heavy atom. The Morgan fingerprint density at radius 3 is 2.08 bits per heavy atom. The van der Waals surface area contributed by atoms with E-state index in [1.54, 1.807) is 17.9 Å². The maximum atomic E-state index is 13.7. The third-order valence-electron chi connectivity index (χ3n) is 6.96. The Balaban J connectivity index is 1.98. The number of urea groups is 1. The van der Waals surface area contributed by atoms with Crippen molar-refractivity contribution in [3.8, 4) is 0 Å². The molecule has 198 valence electrons. The highest BCUT2D eigenvalue weighted by Crippen LogP contribution is 2.44. The molecular weight excluding hydrogens is 489 g/mol. The van der Waals surface area contributed by atoms with Crippen LogP contribution < -0.4 is 0 Å². The number of carbonyl (C=O) groups is 1. The molecule has 3 nitrogen and oxygen atoms in total. The van der Waals surface area contributed by atoms with Crippen LogP contribution in [-0.2, 0) is 12.4 Å². The van der Waals surface area contributed by atoms with Gasteiger partial charge >= 0.3 is 18.4 Å². The van der Waals surface area contributed by atoms with Crippen molar-refractivity contribution in [2.75, 3.05) is 13.6 Å². The lowest BCUT2D eigenvalue weighted by atomic mass is 9.76. The molecule has 0 bridgehead atoms. The first kappa shape index (κ1) is 27.8. The molecule has 36 heavy (non-hydrogen) atoms. The van der Waals surface area contributed by atoms with Gasteiger partial charge in [-0.3, -0.25) is 0 Å². The largest absolute Gasteiger partial charge is 0.416 e. The first-order valence-electron chi connectivity index (χ1n) is 11.5. The van der Waals surface area contributed by atoms with Crippen molar-refractivity contribution in [1.82, 2.24) is 9.80 Å². The van der Waals surface area contributed by atoms with E-state index >= 15 is 0 Å². The summed E-state index contributed by atoms with van der Waals surface area (Å²) in [5.74, 6) is -0.417. The summed E-state index contributed by atoms with van der Waals surface area (Å²) in [5, 5.41) is 0. The second-order valence-electron chi connectivity index (χ2n) is 10.2. The molecular formula is C26H29F7N2O. The summed E-state index contributed by atoms with van der Waals surface area (Å²) in [6, 6.07) is 3.61. The smallest absolute Gasteiger partial charge is 0.321 e. The van der Waals surface area contributed by atoms with Crippen molar-refractivity contribution in [2.45, 2.75) is 65.0 Å². The summed E-state index contributed by atoms with van der Waals surface area (Å²) >= 11 is 0. The average Bonchev–Trinajstić information content (AvgIpc) is 2.75. The monoisotopic (exact) mass is 518 g/mol. The van der Waals surface area contributed by atoms with E-state index in [1.807, 2.05) is 13.8 Å². The molecule has 1 fully saturated rings. The van der Waals surface area contributed by atoms with Gasteiger partial charge in [0.15, 0.2) is 0 Å². The standard InChI is InChI=1S/C26H29F7N2O/c1-15-10-20(27)6-7-21(15)22-14-24(3,4)8-9-35(22)23(36)34(5)16(2)17-11-18(25(28,29)30)13-19(12-17)26(31,32)33/h6-7,10-13,16,22H,8-9,14H2,1-5H3/t16-,22-/m1/s1. The number of aryl methyl sites for hydroxylation is 1. The Morgan fingerprint density at radius 1 is 1.03 bits per heavy atom. The molecule has 0 unspecified atom stereocenters. The van der Waals surface area contributed by atoms with Crippen molar-refractivity contribution in [3.63, 3.8) is 0 Å². The molecule has 1 saturated heterocycles. The van der Waals surface area contributed by atoms with Gasteiger partial charge < -0.3 is 9.80 Å². The van der Waals surface area contributed by atoms with Crippen molar-refractivity contribution in [3.05, 3.63) is 70.0 Å². The lowest BCUT2D eigenvalue weighted by molar-refractivity contribution is -0.143. The number of hydrogen-bond acceptors (Lipinski definition) is 1. The van der Waals surface area contributed by atoms with E-state index in [1.165, 1.54) is 26.1 Å². The Kier molecular flexibility index (Phi) is 7.41. The van der Waals surface area contributed by atoms with Crippen LogP contribution in [-0.4, -0.2) is 29.4 Å². The number of alkyl halides is 6. The zero-order chi connectivity index (χ0) is 27.2. The highest BCUT2D eigenvalue weighted by Gasteiger charge is 2.40. The predicted molar refractivity (Wildman–Crippen MR) is 122 cm³/mol. The van der Waals surface area contributed by atoms with Gasteiger partial charge in [0.25, 0.3) is 0 Å². The van der Waals surface area contributed by atoms with Crippen LogP contribution in [0, 0.1) is 18.2 Å². The third-order valence-corrected chi connectivity index (χ3v) is 6.96. The minimum absolute atomic E-state index is 0.0676. The summed E-state index contributed by atoms with van der Waals surface area (Å²) < 4.78 is 93.8. The van der Waals surface area contributed by atoms with Crippen LogP contribution in [0.25, 0.3) is 0 Å². The van der Waals surface area contributed by atoms with Crippen LogP contribution >= 0.6 is 0 Å². The van der Waals surface area contributed by atoms with Gasteiger partial charge in [0.1, 0.15) is 5.82 Å². The number of amides is 2. The molecule has 10 heteroatoms. The quantitative estimate of drug-likeness (QED) is 0.376. The molecule has 2 amide bonds. The lowest BCUT2D eigenvalue weighted by Crippen LogP contribution is -2.49. The number of hydrogen-bond donors (Lipinski definition) is 0. The molecule has 0 radical (unpaired) electrons. The minimum atomic E-state index is -4.98. The normalized spacial score (nSPS) is 19.2. The van der Waals surface area contributed by atoms with E-state index in [0.29, 0.717) is 37.1 Å². The second kappa shape index (κ2) is 9.59. The zero-order valence-corrected chi connectivity index (χ0v) is 20.7. The summed E-state index contributed by atoms with van der Waals surface area (Å²) in [6.07, 6.45) is -8.75. The molecule has 1 aliphatic heterocycles. The van der Waals surface area contributed by atoms with E-state index in [4.69, 9.17) is 0 Å². The van der Waals surface area contributed by atoms with Crippen molar-refractivity contribution in [2.24, 2.45) is 5.41 Å². The molecule has 0 aliphatic carbocycles. The number of likely N-dealkylation sites (tertiary alicyclic amines) is 1. The first-order valence-corrected chi connectivity index (χ1v) is 11.5. The number of benzene rings is 2. The van der Waals surface area contributed by atoms with Gasteiger partial charge in [-0.05, 0) is 79.1 Å². The molecule has 3 rings (SSSR count). The molecule has 0 saturated carbocycles. The molecule has 0 N–H and O–H groups in total. The van der Waals surface area contributed by atoms with Crippen molar-refractivity contribution >= 4 is 6.03 Å². The van der Waals surface area contributed by atoms with Crippen LogP contribution in [0.1, 0.15) is 73.5 Å². The van der Waals surface area contributed by atoms with Gasteiger partial charge in [-0.2, -0.15) is 26.3 Å². The highest BCUT2D eigenvalue weighted by atomic mass is 19.4. The number of carbonyl (C=O) groups excluding carboxylic acids is 1. The third kappa shape index (κ3) is 5.95. The molecule has 1 heterocycles. The fraction of sp³-hybridized carbons (Fsp3) is 0.500. The summed E-state index contributed by atoms with van der Waals surface area (Å²) in [7, 11) is 1.36. The van der Waals surface area contributed by atoms with E-state index in [2.05, 4.69) is 0 Å². The number of rotatable bonds is 3. The van der Waals surface area contributed by atoms with E-state index in [9.17, 15) is 35.5 Å². The SMILES string of the molecule is Cc1cc(F)ccc1[C@H]1CC(C)(C)CCN1C(=O)N(C)[C@H](C)c1cc(C(F)(F)F)cc(C(F)(F)F)c1. The van der Waals surface area contributed by atoms with Gasteiger partial charge in [-0.25, -0.2) is 9.18 Å². The minimum Gasteiger partial charge on any atom is -0.321 e. The zero-order valence-electron chi connectivity index (χ0n) is 20.7. The molecule has 1 aliphatic rings. The summed E-state index contributed by atoms with van der Waals surface area (Å²) in [5.41, 5.74) is -1.87. The molecule has 0 spiro atoms.